The monoisotopic (exact) mass is 521 g/mol. The van der Waals surface area contributed by atoms with Crippen LogP contribution in [-0.2, 0) is 0 Å². The van der Waals surface area contributed by atoms with Gasteiger partial charge in [0.05, 0.1) is 22.0 Å². The van der Waals surface area contributed by atoms with Crippen molar-refractivity contribution >= 4 is 38.7 Å². The second-order valence-electron chi connectivity index (χ2n) is 7.55. The van der Waals surface area contributed by atoms with Crippen molar-refractivity contribution in [3.8, 4) is 11.6 Å². The van der Waals surface area contributed by atoms with Gasteiger partial charge in [0.25, 0.3) is 11.2 Å². The predicted molar refractivity (Wildman–Crippen MR) is 133 cm³/mol. The Morgan fingerprint density at radius 1 is 1.24 bits per heavy atom. The molecule has 2 heterocycles. The molecule has 10 heteroatoms. The molecule has 0 saturated heterocycles. The lowest BCUT2D eigenvalue weighted by molar-refractivity contribution is -0.385. The summed E-state index contributed by atoms with van der Waals surface area (Å²) in [5, 5.41) is 15.8. The highest BCUT2D eigenvalue weighted by Gasteiger charge is 2.16. The number of rotatable bonds is 7. The number of fused-ring (bicyclic) bond motifs is 1. The fourth-order valence-corrected chi connectivity index (χ4v) is 3.59. The number of nitro groups is 1. The van der Waals surface area contributed by atoms with Gasteiger partial charge in [0.1, 0.15) is 17.8 Å². The molecule has 0 amide bonds. The van der Waals surface area contributed by atoms with E-state index in [-0.39, 0.29) is 23.0 Å². The number of benzene rings is 2. The molecule has 0 aliphatic rings. The number of pyridine rings is 1. The topological polar surface area (TPSA) is 113 Å². The summed E-state index contributed by atoms with van der Waals surface area (Å²) in [6.45, 7) is 4.02. The van der Waals surface area contributed by atoms with Gasteiger partial charge in [-0.1, -0.05) is 41.9 Å². The van der Waals surface area contributed by atoms with Crippen LogP contribution in [0.3, 0.4) is 0 Å². The van der Waals surface area contributed by atoms with Gasteiger partial charge < -0.3 is 4.74 Å². The summed E-state index contributed by atoms with van der Waals surface area (Å²) < 4.78 is 7.91. The summed E-state index contributed by atoms with van der Waals surface area (Å²) in [5.41, 5.74) is 0.810. The van der Waals surface area contributed by atoms with Crippen LogP contribution in [0.25, 0.3) is 10.9 Å². The van der Waals surface area contributed by atoms with Gasteiger partial charge in [-0.2, -0.15) is 9.78 Å². The molecule has 172 valence electrons. The van der Waals surface area contributed by atoms with Gasteiger partial charge in [-0.05, 0) is 36.8 Å². The van der Waals surface area contributed by atoms with E-state index in [0.29, 0.717) is 28.0 Å². The molecule has 9 nitrogen and oxygen atoms in total. The van der Waals surface area contributed by atoms with Crippen molar-refractivity contribution in [1.29, 1.82) is 0 Å². The Bertz CT molecular complexity index is 1450. The smallest absolute Gasteiger partial charge is 0.287 e. The van der Waals surface area contributed by atoms with E-state index >= 15 is 0 Å². The summed E-state index contributed by atoms with van der Waals surface area (Å²) in [6, 6.07) is 15.2. The van der Waals surface area contributed by atoms with Gasteiger partial charge in [-0.3, -0.25) is 14.9 Å². The highest BCUT2D eigenvalue weighted by molar-refractivity contribution is 9.10. The molecule has 0 N–H and O–H groups in total. The largest absolute Gasteiger partial charge is 0.438 e. The predicted octanol–water partition coefficient (Wildman–Crippen LogP) is 5.65. The Morgan fingerprint density at radius 2 is 2.03 bits per heavy atom. The van der Waals surface area contributed by atoms with Crippen LogP contribution in [-0.4, -0.2) is 25.8 Å². The molecule has 0 radical (unpaired) electrons. The van der Waals surface area contributed by atoms with E-state index in [1.54, 1.807) is 30.3 Å². The Morgan fingerprint density at radius 3 is 2.74 bits per heavy atom. The zero-order chi connectivity index (χ0) is 24.2. The zero-order valence-electron chi connectivity index (χ0n) is 18.4. The van der Waals surface area contributed by atoms with E-state index < -0.39 is 4.92 Å². The van der Waals surface area contributed by atoms with E-state index in [0.717, 1.165) is 17.1 Å². The van der Waals surface area contributed by atoms with Crippen molar-refractivity contribution < 1.29 is 9.66 Å². The van der Waals surface area contributed by atoms with Crippen molar-refractivity contribution in [2.45, 2.75) is 26.2 Å². The first-order chi connectivity index (χ1) is 16.4. The highest BCUT2D eigenvalue weighted by atomic mass is 79.9. The second kappa shape index (κ2) is 9.92. The minimum Gasteiger partial charge on any atom is -0.438 e. The molecule has 1 atom stereocenters. The van der Waals surface area contributed by atoms with Gasteiger partial charge in [0.2, 0.25) is 5.88 Å². The maximum atomic E-state index is 13.3. The Labute approximate surface area is 203 Å². The minimum absolute atomic E-state index is 0.00806. The molecular weight excluding hydrogens is 502 g/mol. The average molecular weight is 522 g/mol. The molecule has 4 rings (SSSR count). The van der Waals surface area contributed by atoms with Crippen LogP contribution in [0.1, 0.15) is 37.6 Å². The van der Waals surface area contributed by atoms with Crippen molar-refractivity contribution in [1.82, 2.24) is 14.6 Å². The Hall–Kier alpha value is -3.92. The zero-order valence-corrected chi connectivity index (χ0v) is 20.0. The first kappa shape index (κ1) is 23.2. The van der Waals surface area contributed by atoms with Crippen LogP contribution < -0.4 is 10.3 Å². The average Bonchev–Trinajstić information content (AvgIpc) is 2.84. The maximum absolute atomic E-state index is 13.3. The molecule has 34 heavy (non-hydrogen) atoms. The summed E-state index contributed by atoms with van der Waals surface area (Å²) in [5.74, 6) is 1.20. The van der Waals surface area contributed by atoms with E-state index in [1.165, 1.54) is 23.0 Å². The third-order valence-electron chi connectivity index (χ3n) is 5.26. The molecule has 0 bridgehead atoms. The SMILES string of the molecule is CC[C@H](C)c1nc2ccc(Br)cc2c(=O)n1N=Cc1ccccc1Oc1ccc([N+](=O)[O-])cn1. The third kappa shape index (κ3) is 4.86. The van der Waals surface area contributed by atoms with E-state index in [9.17, 15) is 14.9 Å². The molecule has 0 saturated carbocycles. The third-order valence-corrected chi connectivity index (χ3v) is 5.76. The number of hydrogen-bond donors (Lipinski definition) is 0. The first-order valence-corrected chi connectivity index (χ1v) is 11.3. The van der Waals surface area contributed by atoms with E-state index in [1.807, 2.05) is 26.0 Å². The van der Waals surface area contributed by atoms with Crippen molar-refractivity contribution in [3.05, 3.63) is 97.1 Å². The number of hydrogen-bond acceptors (Lipinski definition) is 7. The minimum atomic E-state index is -0.528. The molecule has 0 spiro atoms. The first-order valence-electron chi connectivity index (χ1n) is 10.5. The fourth-order valence-electron chi connectivity index (χ4n) is 3.23. The highest BCUT2D eigenvalue weighted by Crippen LogP contribution is 2.25. The molecular formula is C24H20BrN5O4. The lowest BCUT2D eigenvalue weighted by atomic mass is 10.1. The van der Waals surface area contributed by atoms with Crippen molar-refractivity contribution in [2.75, 3.05) is 0 Å². The van der Waals surface area contributed by atoms with E-state index in [2.05, 4.69) is 26.0 Å². The number of para-hydroxylation sites is 1. The quantitative estimate of drug-likeness (QED) is 0.176. The van der Waals surface area contributed by atoms with Gasteiger partial charge in [0.15, 0.2) is 0 Å². The number of ether oxygens (including phenoxy) is 1. The molecule has 0 aliphatic heterocycles. The van der Waals surface area contributed by atoms with Crippen LogP contribution in [0.15, 0.2) is 75.2 Å². The molecule has 0 aliphatic carbocycles. The number of halogens is 1. The molecule has 0 unspecified atom stereocenters. The fraction of sp³-hybridized carbons (Fsp3) is 0.167. The summed E-state index contributed by atoms with van der Waals surface area (Å²) >= 11 is 3.41. The normalized spacial score (nSPS) is 12.2. The standard InChI is InChI=1S/C24H20BrN5O4/c1-3-15(2)23-28-20-10-8-17(25)12-19(20)24(31)29(23)27-13-16-6-4-5-7-21(16)34-22-11-9-18(14-26-22)30(32)33/h4-15H,3H2,1-2H3/t15-/m0/s1. The molecule has 2 aromatic heterocycles. The van der Waals surface area contributed by atoms with Crippen LogP contribution in [0.2, 0.25) is 0 Å². The lowest BCUT2D eigenvalue weighted by Gasteiger charge is -2.14. The lowest BCUT2D eigenvalue weighted by Crippen LogP contribution is -2.23. The van der Waals surface area contributed by atoms with Crippen LogP contribution in [0.4, 0.5) is 5.69 Å². The molecule has 2 aromatic carbocycles. The van der Waals surface area contributed by atoms with Crippen molar-refractivity contribution in [2.24, 2.45) is 5.10 Å². The Balaban J connectivity index is 1.74. The van der Waals surface area contributed by atoms with Gasteiger partial charge >= 0.3 is 0 Å². The molecule has 0 fully saturated rings. The second-order valence-corrected chi connectivity index (χ2v) is 8.47. The number of nitrogens with zero attached hydrogens (tertiary/aromatic N) is 5. The number of aromatic nitrogens is 3. The van der Waals surface area contributed by atoms with Gasteiger partial charge in [0, 0.05) is 28.1 Å². The summed E-state index contributed by atoms with van der Waals surface area (Å²) in [4.78, 5) is 32.3. The van der Waals surface area contributed by atoms with Crippen LogP contribution >= 0.6 is 15.9 Å². The van der Waals surface area contributed by atoms with E-state index in [4.69, 9.17) is 9.72 Å². The van der Waals surface area contributed by atoms with Crippen LogP contribution in [0.5, 0.6) is 11.6 Å². The summed E-state index contributed by atoms with van der Waals surface area (Å²) in [6.07, 6.45) is 3.44. The Kier molecular flexibility index (Phi) is 6.78. The van der Waals surface area contributed by atoms with Crippen LogP contribution in [0, 0.1) is 10.1 Å². The van der Waals surface area contributed by atoms with Gasteiger partial charge in [-0.25, -0.2) is 9.97 Å². The molecule has 4 aromatic rings. The summed E-state index contributed by atoms with van der Waals surface area (Å²) in [7, 11) is 0. The van der Waals surface area contributed by atoms with Gasteiger partial charge in [-0.15, -0.1) is 0 Å². The van der Waals surface area contributed by atoms with Crippen molar-refractivity contribution in [3.63, 3.8) is 0 Å². The maximum Gasteiger partial charge on any atom is 0.287 e.